The summed E-state index contributed by atoms with van der Waals surface area (Å²) in [7, 11) is -7.60. The molecular formula is C16H22N6O4S2. The van der Waals surface area contributed by atoms with Gasteiger partial charge in [0.25, 0.3) is 0 Å². The van der Waals surface area contributed by atoms with Crippen molar-refractivity contribution >= 4 is 31.3 Å². The van der Waals surface area contributed by atoms with Crippen LogP contribution in [0.2, 0.25) is 0 Å². The number of nitrogens with one attached hydrogen (secondary N) is 2. The van der Waals surface area contributed by atoms with Crippen molar-refractivity contribution in [3.05, 3.63) is 42.0 Å². The molecule has 152 valence electrons. The largest absolute Gasteiger partial charge is 0.283 e. The van der Waals surface area contributed by atoms with E-state index in [2.05, 4.69) is 19.6 Å². The fraction of sp³-hybridized carbons (Fsp3) is 0.375. The van der Waals surface area contributed by atoms with Crippen LogP contribution in [0.25, 0.3) is 5.52 Å². The lowest BCUT2D eigenvalue weighted by Gasteiger charge is -2.10. The molecule has 0 aromatic carbocycles. The van der Waals surface area contributed by atoms with Gasteiger partial charge in [0, 0.05) is 25.5 Å². The first kappa shape index (κ1) is 20.3. The first-order valence-corrected chi connectivity index (χ1v) is 11.7. The summed E-state index contributed by atoms with van der Waals surface area (Å²) in [6, 6.07) is 4.96. The first-order valence-electron chi connectivity index (χ1n) is 8.60. The summed E-state index contributed by atoms with van der Waals surface area (Å²) in [5.74, 6) is -0.406. The second kappa shape index (κ2) is 7.53. The van der Waals surface area contributed by atoms with Crippen molar-refractivity contribution in [2.24, 2.45) is 0 Å². The molecule has 0 unspecified atom stereocenters. The van der Waals surface area contributed by atoms with Crippen LogP contribution in [0.15, 0.2) is 35.5 Å². The molecule has 0 fully saturated rings. The Hall–Kier alpha value is -2.44. The number of sulfonamides is 2. The number of anilines is 1. The van der Waals surface area contributed by atoms with Crippen LogP contribution >= 0.6 is 0 Å². The Balaban J connectivity index is 1.66. The Kier molecular flexibility index (Phi) is 5.46. The van der Waals surface area contributed by atoms with Gasteiger partial charge in [0.2, 0.25) is 20.0 Å². The smallest absolute Gasteiger partial charge is 0.244 e. The number of nitrogens with zero attached hydrogens (tertiary/aromatic N) is 4. The molecule has 0 amide bonds. The van der Waals surface area contributed by atoms with Gasteiger partial charge in [-0.2, -0.15) is 10.2 Å². The van der Waals surface area contributed by atoms with Gasteiger partial charge in [-0.3, -0.25) is 9.40 Å². The predicted octanol–water partition coefficient (Wildman–Crippen LogP) is 0.888. The summed E-state index contributed by atoms with van der Waals surface area (Å²) in [6.07, 6.45) is 3.24. The molecule has 0 aliphatic carbocycles. The zero-order valence-electron chi connectivity index (χ0n) is 15.7. The summed E-state index contributed by atoms with van der Waals surface area (Å²) >= 11 is 0. The van der Waals surface area contributed by atoms with Crippen LogP contribution < -0.4 is 9.44 Å². The minimum atomic E-state index is -3.86. The average molecular weight is 427 g/mol. The first-order chi connectivity index (χ1) is 13.1. The van der Waals surface area contributed by atoms with E-state index in [1.807, 2.05) is 6.92 Å². The molecule has 3 aromatic rings. The minimum Gasteiger partial charge on any atom is -0.283 e. The van der Waals surface area contributed by atoms with Gasteiger partial charge in [-0.25, -0.2) is 26.1 Å². The van der Waals surface area contributed by atoms with E-state index in [1.54, 1.807) is 53.6 Å². The van der Waals surface area contributed by atoms with E-state index in [1.165, 1.54) is 0 Å². The molecule has 0 radical (unpaired) electrons. The SMILES string of the molecule is CCn1nc(C)c(S(=O)(=O)NCCS(=O)(=O)Nc2ccn3nccc3c2)c1C. The van der Waals surface area contributed by atoms with Gasteiger partial charge in [-0.05, 0) is 39.0 Å². The molecule has 3 heterocycles. The molecule has 12 heteroatoms. The third-order valence-corrected chi connectivity index (χ3v) is 7.22. The van der Waals surface area contributed by atoms with Gasteiger partial charge in [-0.1, -0.05) is 0 Å². The molecule has 10 nitrogen and oxygen atoms in total. The minimum absolute atomic E-state index is 0.0888. The van der Waals surface area contributed by atoms with Crippen LogP contribution in [0.5, 0.6) is 0 Å². The van der Waals surface area contributed by atoms with Crippen LogP contribution in [-0.4, -0.2) is 48.5 Å². The average Bonchev–Trinajstić information content (AvgIpc) is 3.17. The Morgan fingerprint density at radius 2 is 1.89 bits per heavy atom. The van der Waals surface area contributed by atoms with E-state index in [4.69, 9.17) is 0 Å². The summed E-state index contributed by atoms with van der Waals surface area (Å²) in [6.45, 7) is 5.43. The Bertz CT molecular complexity index is 1210. The molecule has 0 saturated heterocycles. The van der Waals surface area contributed by atoms with Crippen molar-refractivity contribution in [3.63, 3.8) is 0 Å². The van der Waals surface area contributed by atoms with E-state index in [0.717, 1.165) is 5.52 Å². The van der Waals surface area contributed by atoms with Crippen molar-refractivity contribution in [1.29, 1.82) is 0 Å². The number of hydrogen-bond acceptors (Lipinski definition) is 6. The van der Waals surface area contributed by atoms with E-state index in [0.29, 0.717) is 23.6 Å². The number of hydrogen-bond donors (Lipinski definition) is 2. The van der Waals surface area contributed by atoms with Gasteiger partial charge < -0.3 is 0 Å². The highest BCUT2D eigenvalue weighted by molar-refractivity contribution is 7.92. The lowest BCUT2D eigenvalue weighted by molar-refractivity contribution is 0.579. The highest BCUT2D eigenvalue weighted by Gasteiger charge is 2.24. The topological polar surface area (TPSA) is 127 Å². The molecular weight excluding hydrogens is 404 g/mol. The van der Waals surface area contributed by atoms with E-state index in [-0.39, 0.29) is 11.4 Å². The van der Waals surface area contributed by atoms with E-state index >= 15 is 0 Å². The third kappa shape index (κ3) is 4.18. The van der Waals surface area contributed by atoms with E-state index < -0.39 is 25.8 Å². The molecule has 0 atom stereocenters. The number of fused-ring (bicyclic) bond motifs is 1. The Morgan fingerprint density at radius 3 is 2.57 bits per heavy atom. The van der Waals surface area contributed by atoms with Crippen LogP contribution in [0.4, 0.5) is 5.69 Å². The second-order valence-corrected chi connectivity index (χ2v) is 9.80. The normalized spacial score (nSPS) is 12.5. The molecule has 28 heavy (non-hydrogen) atoms. The molecule has 0 saturated carbocycles. The van der Waals surface area contributed by atoms with Crippen molar-refractivity contribution in [1.82, 2.24) is 24.1 Å². The van der Waals surface area contributed by atoms with Gasteiger partial charge in [-0.15, -0.1) is 0 Å². The van der Waals surface area contributed by atoms with Crippen molar-refractivity contribution in [3.8, 4) is 0 Å². The van der Waals surface area contributed by atoms with Crippen LogP contribution in [0.1, 0.15) is 18.3 Å². The molecule has 0 spiro atoms. The molecule has 3 aromatic heterocycles. The van der Waals surface area contributed by atoms with Crippen molar-refractivity contribution in [2.45, 2.75) is 32.2 Å². The summed E-state index contributed by atoms with van der Waals surface area (Å²) < 4.78 is 57.7. The summed E-state index contributed by atoms with van der Waals surface area (Å²) in [4.78, 5) is 0.0888. The van der Waals surface area contributed by atoms with Crippen molar-refractivity contribution < 1.29 is 16.8 Å². The van der Waals surface area contributed by atoms with Gasteiger partial charge in [0.1, 0.15) is 4.90 Å². The van der Waals surface area contributed by atoms with Gasteiger partial charge in [0.05, 0.1) is 28.3 Å². The molecule has 0 bridgehead atoms. The van der Waals surface area contributed by atoms with Gasteiger partial charge in [0.15, 0.2) is 0 Å². The molecule has 0 aliphatic rings. The van der Waals surface area contributed by atoms with Crippen LogP contribution in [0, 0.1) is 13.8 Å². The predicted molar refractivity (Wildman–Crippen MR) is 105 cm³/mol. The maximum atomic E-state index is 12.6. The van der Waals surface area contributed by atoms with Crippen molar-refractivity contribution in [2.75, 3.05) is 17.0 Å². The fourth-order valence-corrected chi connectivity index (χ4v) is 5.50. The third-order valence-electron chi connectivity index (χ3n) is 4.22. The van der Waals surface area contributed by atoms with Crippen LogP contribution in [0.3, 0.4) is 0 Å². The lowest BCUT2D eigenvalue weighted by atomic mass is 10.4. The number of aryl methyl sites for hydroxylation is 2. The maximum absolute atomic E-state index is 12.6. The van der Waals surface area contributed by atoms with Gasteiger partial charge >= 0.3 is 0 Å². The standard InChI is InChI=1S/C16H22N6O4S2/c1-4-21-13(3)16(12(2)19-21)28(25,26)18-8-10-27(23,24)20-14-6-9-22-15(11-14)5-7-17-22/h5-7,9,11,18,20H,4,8,10H2,1-3H3. The number of rotatable bonds is 8. The Labute approximate surface area is 163 Å². The zero-order valence-corrected chi connectivity index (χ0v) is 17.4. The van der Waals surface area contributed by atoms with Crippen LogP contribution in [-0.2, 0) is 26.6 Å². The summed E-state index contributed by atoms with van der Waals surface area (Å²) in [5.41, 5.74) is 2.01. The lowest BCUT2D eigenvalue weighted by Crippen LogP contribution is -2.31. The van der Waals surface area contributed by atoms with E-state index in [9.17, 15) is 16.8 Å². The highest BCUT2D eigenvalue weighted by atomic mass is 32.2. The summed E-state index contributed by atoms with van der Waals surface area (Å²) in [5, 5.41) is 8.23. The highest BCUT2D eigenvalue weighted by Crippen LogP contribution is 2.19. The zero-order chi connectivity index (χ0) is 20.5. The molecule has 3 rings (SSSR count). The Morgan fingerprint density at radius 1 is 1.14 bits per heavy atom. The second-order valence-electron chi connectivity index (χ2n) is 6.25. The monoisotopic (exact) mass is 426 g/mol. The molecule has 0 aliphatic heterocycles. The molecule has 2 N–H and O–H groups in total. The number of aromatic nitrogens is 4. The fourth-order valence-electron chi connectivity index (χ4n) is 2.98. The number of pyridine rings is 1. The maximum Gasteiger partial charge on any atom is 0.244 e. The quantitative estimate of drug-likeness (QED) is 0.551.